The molecule has 0 bridgehead atoms. The summed E-state index contributed by atoms with van der Waals surface area (Å²) in [6.45, 7) is 8.57. The predicted molar refractivity (Wildman–Crippen MR) is 68.0 cm³/mol. The van der Waals surface area contributed by atoms with Crippen LogP contribution in [0, 0.1) is 5.41 Å². The lowest BCUT2D eigenvalue weighted by molar-refractivity contribution is 0.203. The van der Waals surface area contributed by atoms with Gasteiger partial charge in [0, 0.05) is 19.3 Å². The lowest BCUT2D eigenvalue weighted by Gasteiger charge is -2.37. The number of nitrogens with zero attached hydrogens (tertiary/aromatic N) is 2. The second-order valence-corrected chi connectivity index (χ2v) is 6.45. The summed E-state index contributed by atoms with van der Waals surface area (Å²) in [7, 11) is 0. The fraction of sp³-hybridized carbons (Fsp3) is 0.750. The zero-order valence-electron chi connectivity index (χ0n) is 10.2. The second kappa shape index (κ2) is 4.34. The van der Waals surface area contributed by atoms with Gasteiger partial charge < -0.3 is 10.0 Å². The number of thiazole rings is 1. The molecule has 0 radical (unpaired) electrons. The molecule has 2 heterocycles. The third kappa shape index (κ3) is 2.55. The van der Waals surface area contributed by atoms with Crippen LogP contribution in [0.1, 0.15) is 44.6 Å². The molecule has 0 saturated carbocycles. The Bertz CT molecular complexity index is 360. The molecular formula is C12H20N2OS. The van der Waals surface area contributed by atoms with E-state index in [-0.39, 0.29) is 0 Å². The average Bonchev–Trinajstić information content (AvgIpc) is 2.64. The molecule has 3 nitrogen and oxygen atoms in total. The van der Waals surface area contributed by atoms with Gasteiger partial charge >= 0.3 is 0 Å². The van der Waals surface area contributed by atoms with E-state index >= 15 is 0 Å². The fourth-order valence-corrected chi connectivity index (χ4v) is 3.08. The van der Waals surface area contributed by atoms with Gasteiger partial charge in [0.05, 0.1) is 11.0 Å². The molecule has 1 N–H and O–H groups in total. The third-order valence-electron chi connectivity index (χ3n) is 3.09. The Kier molecular flexibility index (Phi) is 3.22. The zero-order valence-corrected chi connectivity index (χ0v) is 11.0. The lowest BCUT2D eigenvalue weighted by Crippen LogP contribution is -2.39. The monoisotopic (exact) mass is 240 g/mol. The summed E-state index contributed by atoms with van der Waals surface area (Å²) in [5.41, 5.74) is 0.384. The number of rotatable bonds is 2. The quantitative estimate of drug-likeness (QED) is 0.863. The van der Waals surface area contributed by atoms with Gasteiger partial charge in [-0.15, -0.1) is 0 Å². The van der Waals surface area contributed by atoms with Crippen LogP contribution in [0.2, 0.25) is 0 Å². The van der Waals surface area contributed by atoms with Crippen molar-refractivity contribution < 1.29 is 5.11 Å². The van der Waals surface area contributed by atoms with Gasteiger partial charge in [0.15, 0.2) is 5.13 Å². The fourth-order valence-electron chi connectivity index (χ4n) is 2.20. The van der Waals surface area contributed by atoms with Crippen LogP contribution in [-0.2, 0) is 0 Å². The number of hydrogen-bond acceptors (Lipinski definition) is 4. The normalized spacial score (nSPS) is 22.1. The molecule has 1 aliphatic heterocycles. The highest BCUT2D eigenvalue weighted by Crippen LogP contribution is 2.34. The lowest BCUT2D eigenvalue weighted by atomic mass is 9.84. The smallest absolute Gasteiger partial charge is 0.185 e. The van der Waals surface area contributed by atoms with Crippen molar-refractivity contribution in [3.8, 4) is 0 Å². The van der Waals surface area contributed by atoms with Crippen molar-refractivity contribution in [1.29, 1.82) is 0 Å². The summed E-state index contributed by atoms with van der Waals surface area (Å²) in [4.78, 5) is 7.72. The zero-order chi connectivity index (χ0) is 11.8. The highest BCUT2D eigenvalue weighted by molar-refractivity contribution is 7.15. The molecule has 0 spiro atoms. The van der Waals surface area contributed by atoms with Crippen LogP contribution in [-0.4, -0.2) is 23.2 Å². The largest absolute Gasteiger partial charge is 0.388 e. The Hall–Kier alpha value is -0.610. The van der Waals surface area contributed by atoms with E-state index in [0.717, 1.165) is 23.1 Å². The average molecular weight is 240 g/mol. The Labute approximate surface area is 101 Å². The van der Waals surface area contributed by atoms with Crippen molar-refractivity contribution in [2.45, 2.75) is 39.7 Å². The highest BCUT2D eigenvalue weighted by Gasteiger charge is 2.27. The molecule has 1 fully saturated rings. The molecule has 0 amide bonds. The standard InChI is InChI=1S/C12H20N2OS/c1-9(15)10-7-13-11(16-10)14-6-4-5-12(2,3)8-14/h7,9,15H,4-6,8H2,1-3H3. The van der Waals surface area contributed by atoms with E-state index in [1.54, 1.807) is 24.5 Å². The number of hydrogen-bond donors (Lipinski definition) is 1. The van der Waals surface area contributed by atoms with Gasteiger partial charge in [-0.2, -0.15) is 0 Å². The Morgan fingerprint density at radius 3 is 2.88 bits per heavy atom. The Morgan fingerprint density at radius 2 is 2.31 bits per heavy atom. The van der Waals surface area contributed by atoms with Crippen molar-refractivity contribution in [2.75, 3.05) is 18.0 Å². The molecule has 0 aliphatic carbocycles. The van der Waals surface area contributed by atoms with Crippen LogP contribution in [0.5, 0.6) is 0 Å². The number of piperidine rings is 1. The van der Waals surface area contributed by atoms with Gasteiger partial charge in [-0.1, -0.05) is 25.2 Å². The summed E-state index contributed by atoms with van der Waals surface area (Å²) < 4.78 is 0. The van der Waals surface area contributed by atoms with E-state index in [1.165, 1.54) is 12.8 Å². The van der Waals surface area contributed by atoms with Crippen LogP contribution >= 0.6 is 11.3 Å². The molecule has 1 saturated heterocycles. The van der Waals surface area contributed by atoms with Crippen LogP contribution in [0.3, 0.4) is 0 Å². The van der Waals surface area contributed by atoms with Crippen LogP contribution < -0.4 is 4.90 Å². The Morgan fingerprint density at radius 1 is 1.56 bits per heavy atom. The first-order valence-electron chi connectivity index (χ1n) is 5.87. The summed E-state index contributed by atoms with van der Waals surface area (Å²) in [6, 6.07) is 0. The maximum atomic E-state index is 9.49. The van der Waals surface area contributed by atoms with Gasteiger partial charge in [-0.05, 0) is 25.2 Å². The molecule has 16 heavy (non-hydrogen) atoms. The first-order valence-corrected chi connectivity index (χ1v) is 6.68. The van der Waals surface area contributed by atoms with E-state index in [2.05, 4.69) is 23.7 Å². The minimum atomic E-state index is -0.399. The maximum Gasteiger partial charge on any atom is 0.185 e. The minimum Gasteiger partial charge on any atom is -0.388 e. The third-order valence-corrected chi connectivity index (χ3v) is 4.32. The number of aliphatic hydroxyl groups excluding tert-OH is 1. The molecule has 4 heteroatoms. The summed E-state index contributed by atoms with van der Waals surface area (Å²) in [5, 5.41) is 10.5. The van der Waals surface area contributed by atoms with Crippen molar-refractivity contribution >= 4 is 16.5 Å². The summed E-state index contributed by atoms with van der Waals surface area (Å²) in [5.74, 6) is 0. The van der Waals surface area contributed by atoms with E-state index in [4.69, 9.17) is 0 Å². The van der Waals surface area contributed by atoms with E-state index in [1.807, 2.05) is 0 Å². The van der Waals surface area contributed by atoms with E-state index in [9.17, 15) is 5.11 Å². The van der Waals surface area contributed by atoms with Crippen LogP contribution in [0.15, 0.2) is 6.20 Å². The first kappa shape index (κ1) is 11.9. The molecule has 1 aromatic rings. The van der Waals surface area contributed by atoms with Crippen molar-refractivity contribution in [1.82, 2.24) is 4.98 Å². The van der Waals surface area contributed by atoms with Gasteiger partial charge in [-0.3, -0.25) is 0 Å². The first-order chi connectivity index (χ1) is 7.48. The second-order valence-electron chi connectivity index (χ2n) is 5.41. The van der Waals surface area contributed by atoms with Crippen molar-refractivity contribution in [2.24, 2.45) is 5.41 Å². The molecule has 1 atom stereocenters. The predicted octanol–water partition coefficient (Wildman–Crippen LogP) is 2.82. The molecule has 1 unspecified atom stereocenters. The molecule has 1 aliphatic rings. The van der Waals surface area contributed by atoms with Crippen molar-refractivity contribution in [3.05, 3.63) is 11.1 Å². The Balaban J connectivity index is 2.11. The van der Waals surface area contributed by atoms with Gasteiger partial charge in [0.1, 0.15) is 0 Å². The molecule has 0 aromatic carbocycles. The summed E-state index contributed by atoms with van der Waals surface area (Å²) in [6.07, 6.45) is 3.92. The number of anilines is 1. The maximum absolute atomic E-state index is 9.49. The van der Waals surface area contributed by atoms with Gasteiger partial charge in [-0.25, -0.2) is 4.98 Å². The molecule has 90 valence electrons. The summed E-state index contributed by atoms with van der Waals surface area (Å²) >= 11 is 1.61. The highest BCUT2D eigenvalue weighted by atomic mass is 32.1. The minimum absolute atomic E-state index is 0.384. The van der Waals surface area contributed by atoms with Gasteiger partial charge in [0.2, 0.25) is 0 Å². The van der Waals surface area contributed by atoms with E-state index in [0.29, 0.717) is 5.41 Å². The topological polar surface area (TPSA) is 36.4 Å². The SMILES string of the molecule is CC(O)c1cnc(N2CCCC(C)(C)C2)s1. The number of aliphatic hydroxyl groups is 1. The molecule has 2 rings (SSSR count). The molecule has 1 aromatic heterocycles. The van der Waals surface area contributed by atoms with Crippen LogP contribution in [0.25, 0.3) is 0 Å². The van der Waals surface area contributed by atoms with Crippen molar-refractivity contribution in [3.63, 3.8) is 0 Å². The molecular weight excluding hydrogens is 220 g/mol. The van der Waals surface area contributed by atoms with Crippen LogP contribution in [0.4, 0.5) is 5.13 Å². The number of aromatic nitrogens is 1. The van der Waals surface area contributed by atoms with E-state index < -0.39 is 6.10 Å². The van der Waals surface area contributed by atoms with Gasteiger partial charge in [0.25, 0.3) is 0 Å².